The van der Waals surface area contributed by atoms with Crippen LogP contribution < -0.4 is 5.32 Å². The number of nitrogens with one attached hydrogen (secondary N) is 2. The molecule has 2 aromatic rings. The van der Waals surface area contributed by atoms with Gasteiger partial charge in [-0.25, -0.2) is 0 Å². The van der Waals surface area contributed by atoms with E-state index < -0.39 is 0 Å². The lowest BCUT2D eigenvalue weighted by Crippen LogP contribution is -2.27. The van der Waals surface area contributed by atoms with Gasteiger partial charge in [-0.15, -0.1) is 10.2 Å². The molecule has 0 unspecified atom stereocenters. The number of hydrogen-bond donors (Lipinski definition) is 2. The van der Waals surface area contributed by atoms with Crippen molar-refractivity contribution in [2.75, 3.05) is 6.54 Å². The fourth-order valence-electron chi connectivity index (χ4n) is 3.17. The van der Waals surface area contributed by atoms with Crippen molar-refractivity contribution in [2.24, 2.45) is 0 Å². The van der Waals surface area contributed by atoms with Crippen molar-refractivity contribution < 1.29 is 4.79 Å². The highest BCUT2D eigenvalue weighted by Gasteiger charge is 2.26. The molecule has 23 heavy (non-hydrogen) atoms. The number of H-pyrrole nitrogens is 1. The molecule has 1 aliphatic carbocycles. The van der Waals surface area contributed by atoms with Gasteiger partial charge in [0.1, 0.15) is 17.3 Å². The Morgan fingerprint density at radius 2 is 2.22 bits per heavy atom. The third-order valence-electron chi connectivity index (χ3n) is 4.67. The van der Waals surface area contributed by atoms with Crippen LogP contribution in [0.4, 0.5) is 0 Å². The van der Waals surface area contributed by atoms with Gasteiger partial charge in [0.2, 0.25) is 0 Å². The average Bonchev–Trinajstić information content (AvgIpc) is 3.24. The highest BCUT2D eigenvalue weighted by molar-refractivity contribution is 5.92. The van der Waals surface area contributed by atoms with Crippen molar-refractivity contribution in [3.63, 3.8) is 0 Å². The molecule has 1 amide bonds. The number of aromatic nitrogens is 5. The molecule has 122 valence electrons. The Balaban J connectivity index is 1.32. The first-order valence-corrected chi connectivity index (χ1v) is 8.56. The van der Waals surface area contributed by atoms with E-state index in [9.17, 15) is 4.79 Å². The fraction of sp³-hybridized carbons (Fsp3) is 0.625. The Hall–Kier alpha value is -2.18. The molecular weight excluding hydrogens is 292 g/mol. The molecule has 1 aliphatic heterocycles. The van der Waals surface area contributed by atoms with Crippen molar-refractivity contribution in [2.45, 2.75) is 57.4 Å². The third-order valence-corrected chi connectivity index (χ3v) is 4.67. The van der Waals surface area contributed by atoms with Gasteiger partial charge in [0.15, 0.2) is 0 Å². The summed E-state index contributed by atoms with van der Waals surface area (Å²) in [5.41, 5.74) is 1.56. The maximum Gasteiger partial charge on any atom is 0.271 e. The smallest absolute Gasteiger partial charge is 0.271 e. The molecule has 7 heteroatoms. The van der Waals surface area contributed by atoms with E-state index in [2.05, 4.69) is 30.3 Å². The van der Waals surface area contributed by atoms with E-state index in [1.807, 2.05) is 6.07 Å². The monoisotopic (exact) mass is 314 g/mol. The summed E-state index contributed by atoms with van der Waals surface area (Å²) in [5, 5.41) is 18.6. The molecule has 1 saturated carbocycles. The van der Waals surface area contributed by atoms with Crippen molar-refractivity contribution in [3.05, 3.63) is 29.1 Å². The summed E-state index contributed by atoms with van der Waals surface area (Å²) in [6, 6.07) is 1.87. The van der Waals surface area contributed by atoms with Gasteiger partial charge in [-0.05, 0) is 31.7 Å². The number of hydrogen-bond acceptors (Lipinski definition) is 4. The summed E-state index contributed by atoms with van der Waals surface area (Å²) in [5.74, 6) is 2.52. The minimum absolute atomic E-state index is 0.122. The van der Waals surface area contributed by atoms with E-state index >= 15 is 0 Å². The van der Waals surface area contributed by atoms with Gasteiger partial charge in [0.25, 0.3) is 5.91 Å². The topological polar surface area (TPSA) is 88.5 Å². The predicted molar refractivity (Wildman–Crippen MR) is 84.2 cm³/mol. The average molecular weight is 314 g/mol. The third kappa shape index (κ3) is 3.13. The summed E-state index contributed by atoms with van der Waals surface area (Å²) >= 11 is 0. The lowest BCUT2D eigenvalue weighted by molar-refractivity contribution is 0.0949. The van der Waals surface area contributed by atoms with Crippen LogP contribution in [0.15, 0.2) is 6.07 Å². The first-order chi connectivity index (χ1) is 11.3. The number of fused-ring (bicyclic) bond motifs is 1. The van der Waals surface area contributed by atoms with Gasteiger partial charge < -0.3 is 9.88 Å². The van der Waals surface area contributed by atoms with E-state index in [0.717, 1.165) is 30.3 Å². The molecule has 0 saturated heterocycles. The van der Waals surface area contributed by atoms with E-state index in [1.165, 1.54) is 32.1 Å². The van der Waals surface area contributed by atoms with E-state index in [1.54, 1.807) is 0 Å². The lowest BCUT2D eigenvalue weighted by atomic mass is 10.2. The zero-order chi connectivity index (χ0) is 15.6. The maximum atomic E-state index is 12.1. The molecule has 2 N–H and O–H groups in total. The second-order valence-electron chi connectivity index (χ2n) is 6.48. The zero-order valence-corrected chi connectivity index (χ0v) is 13.2. The van der Waals surface area contributed by atoms with Crippen LogP contribution in [0.1, 0.15) is 65.9 Å². The van der Waals surface area contributed by atoms with Crippen LogP contribution in [-0.4, -0.2) is 37.4 Å². The zero-order valence-electron chi connectivity index (χ0n) is 13.2. The van der Waals surface area contributed by atoms with Gasteiger partial charge in [-0.3, -0.25) is 9.89 Å². The van der Waals surface area contributed by atoms with Gasteiger partial charge >= 0.3 is 0 Å². The van der Waals surface area contributed by atoms with Crippen LogP contribution in [-0.2, 0) is 19.4 Å². The largest absolute Gasteiger partial charge is 0.350 e. The quantitative estimate of drug-likeness (QED) is 0.877. The summed E-state index contributed by atoms with van der Waals surface area (Å²) in [6.07, 6.45) is 7.73. The van der Waals surface area contributed by atoms with Crippen LogP contribution >= 0.6 is 0 Å². The number of carbonyl (C=O) groups excluding carboxylic acids is 1. The molecule has 1 fully saturated rings. The first kappa shape index (κ1) is 14.4. The fourth-order valence-corrected chi connectivity index (χ4v) is 3.17. The molecule has 0 radical (unpaired) electrons. The Morgan fingerprint density at radius 3 is 3.09 bits per heavy atom. The number of rotatable bonds is 5. The summed E-state index contributed by atoms with van der Waals surface area (Å²) in [6.45, 7) is 1.55. The minimum atomic E-state index is -0.122. The van der Waals surface area contributed by atoms with Gasteiger partial charge in [0, 0.05) is 37.5 Å². The standard InChI is InChI=1S/C16H22N6O/c23-16(13-10-12(18-19-13)11-5-6-11)17-8-7-15-21-20-14-4-2-1-3-9-22(14)15/h10-11H,1-9H2,(H,17,23)(H,18,19). The number of aryl methyl sites for hydroxylation is 1. The Bertz CT molecular complexity index is 699. The molecule has 2 aliphatic rings. The SMILES string of the molecule is O=C(NCCc1nnc2n1CCCCC2)c1cc(C2CC2)[nH]n1. The Labute approximate surface area is 134 Å². The lowest BCUT2D eigenvalue weighted by Gasteiger charge is -2.07. The van der Waals surface area contributed by atoms with Crippen molar-refractivity contribution in [3.8, 4) is 0 Å². The first-order valence-electron chi connectivity index (χ1n) is 8.56. The summed E-state index contributed by atoms with van der Waals surface area (Å²) < 4.78 is 2.22. The maximum absolute atomic E-state index is 12.1. The molecule has 0 spiro atoms. The van der Waals surface area contributed by atoms with Gasteiger partial charge in [-0.1, -0.05) is 6.42 Å². The van der Waals surface area contributed by atoms with Crippen molar-refractivity contribution in [1.29, 1.82) is 0 Å². The highest BCUT2D eigenvalue weighted by Crippen LogP contribution is 2.38. The minimum Gasteiger partial charge on any atom is -0.350 e. The number of carbonyl (C=O) groups is 1. The Kier molecular flexibility index (Phi) is 3.85. The molecule has 3 heterocycles. The van der Waals surface area contributed by atoms with Crippen LogP contribution in [0.5, 0.6) is 0 Å². The second kappa shape index (κ2) is 6.14. The summed E-state index contributed by atoms with van der Waals surface area (Å²) in [4.78, 5) is 12.1. The number of amides is 1. The van der Waals surface area contributed by atoms with E-state index in [-0.39, 0.29) is 5.91 Å². The van der Waals surface area contributed by atoms with Gasteiger partial charge in [0.05, 0.1) is 0 Å². The molecule has 0 aromatic carbocycles. The molecule has 2 aromatic heterocycles. The van der Waals surface area contributed by atoms with Crippen LogP contribution in [0.2, 0.25) is 0 Å². The molecule has 4 rings (SSSR count). The number of nitrogens with zero attached hydrogens (tertiary/aromatic N) is 4. The second-order valence-corrected chi connectivity index (χ2v) is 6.48. The molecule has 0 bridgehead atoms. The number of aromatic amines is 1. The van der Waals surface area contributed by atoms with Crippen molar-refractivity contribution >= 4 is 5.91 Å². The van der Waals surface area contributed by atoms with E-state index in [4.69, 9.17) is 0 Å². The molecular formula is C16H22N6O. The summed E-state index contributed by atoms with van der Waals surface area (Å²) in [7, 11) is 0. The highest BCUT2D eigenvalue weighted by atomic mass is 16.1. The van der Waals surface area contributed by atoms with Crippen LogP contribution in [0, 0.1) is 0 Å². The normalized spacial score (nSPS) is 17.6. The van der Waals surface area contributed by atoms with Crippen LogP contribution in [0.25, 0.3) is 0 Å². The van der Waals surface area contributed by atoms with Crippen LogP contribution in [0.3, 0.4) is 0 Å². The van der Waals surface area contributed by atoms with Crippen molar-refractivity contribution in [1.82, 2.24) is 30.3 Å². The molecule has 7 nitrogen and oxygen atoms in total. The van der Waals surface area contributed by atoms with Gasteiger partial charge in [-0.2, -0.15) is 5.10 Å². The predicted octanol–water partition coefficient (Wildman–Crippen LogP) is 1.58. The van der Waals surface area contributed by atoms with E-state index in [0.29, 0.717) is 24.6 Å². The Morgan fingerprint density at radius 1 is 1.30 bits per heavy atom. The molecule has 0 atom stereocenters.